The Hall–Kier alpha value is -0.870. The van der Waals surface area contributed by atoms with Crippen LogP contribution < -0.4 is 0 Å². The third-order valence-electron chi connectivity index (χ3n) is 6.05. The maximum atomic E-state index is 11.7. The average molecular weight is 292 g/mol. The first-order valence-electron chi connectivity index (χ1n) is 8.13. The quantitative estimate of drug-likeness (QED) is 0.456. The fourth-order valence-corrected chi connectivity index (χ4v) is 5.56. The van der Waals surface area contributed by atoms with Gasteiger partial charge in [-0.1, -0.05) is 6.08 Å². The minimum atomic E-state index is -0.451. The summed E-state index contributed by atoms with van der Waals surface area (Å²) < 4.78 is 18.2. The lowest BCUT2D eigenvalue weighted by molar-refractivity contribution is -0.185. The van der Waals surface area contributed by atoms with Gasteiger partial charge in [0.2, 0.25) is 0 Å². The van der Waals surface area contributed by atoms with Crippen molar-refractivity contribution in [1.82, 2.24) is 0 Å². The molecule has 0 aromatic heterocycles. The summed E-state index contributed by atoms with van der Waals surface area (Å²) in [6.07, 6.45) is 7.46. The van der Waals surface area contributed by atoms with Crippen LogP contribution in [-0.2, 0) is 19.0 Å². The molecule has 4 aliphatic rings. The summed E-state index contributed by atoms with van der Waals surface area (Å²) in [4.78, 5) is 11.7. The Balaban J connectivity index is 1.75. The largest absolute Gasteiger partial charge is 0.456 e. The molecule has 0 amide bonds. The van der Waals surface area contributed by atoms with Crippen molar-refractivity contribution in [3.63, 3.8) is 0 Å². The van der Waals surface area contributed by atoms with Crippen LogP contribution in [0.3, 0.4) is 0 Å². The van der Waals surface area contributed by atoms with Crippen molar-refractivity contribution in [2.24, 2.45) is 11.8 Å². The molecular weight excluding hydrogens is 268 g/mol. The molecule has 7 atom stereocenters. The molecule has 21 heavy (non-hydrogen) atoms. The van der Waals surface area contributed by atoms with Gasteiger partial charge in [-0.3, -0.25) is 4.79 Å². The van der Waals surface area contributed by atoms with E-state index < -0.39 is 5.60 Å². The van der Waals surface area contributed by atoms with E-state index in [9.17, 15) is 4.79 Å². The zero-order chi connectivity index (χ0) is 14.8. The first kappa shape index (κ1) is 13.8. The number of esters is 1. The molecule has 116 valence electrons. The number of ether oxygens (including phenoxy) is 3. The maximum Gasteiger partial charge on any atom is 0.303 e. The molecule has 2 saturated carbocycles. The fraction of sp³-hybridized carbons (Fsp3) is 0.824. The van der Waals surface area contributed by atoms with Gasteiger partial charge in [0, 0.05) is 19.8 Å². The molecule has 1 spiro atoms. The summed E-state index contributed by atoms with van der Waals surface area (Å²) in [5.41, 5.74) is -0.781. The third-order valence-corrected chi connectivity index (χ3v) is 6.05. The lowest BCUT2D eigenvalue weighted by atomic mass is 9.70. The molecule has 4 rings (SSSR count). The van der Waals surface area contributed by atoms with Crippen LogP contribution >= 0.6 is 0 Å². The number of allylic oxidation sites excluding steroid dienone is 1. The summed E-state index contributed by atoms with van der Waals surface area (Å²) in [7, 11) is 0. The molecule has 4 fully saturated rings. The van der Waals surface area contributed by atoms with Gasteiger partial charge in [-0.05, 0) is 38.0 Å². The van der Waals surface area contributed by atoms with Crippen molar-refractivity contribution < 1.29 is 19.0 Å². The van der Waals surface area contributed by atoms with Gasteiger partial charge in [-0.25, -0.2) is 0 Å². The standard InChI is InChI=1S/C17H24O4/c1-4-5-12-8-16(21-11(3)18)7-10(2)20-17(16)9-15-14(19-15)6-13(12)17/h4,10,12-15H,1,5-9H2,2-3H3/t10-,12+,13+,14+,15-,16+,17+/m0/s1. The van der Waals surface area contributed by atoms with E-state index in [-0.39, 0.29) is 17.7 Å². The second-order valence-electron chi connectivity index (χ2n) is 7.36. The Morgan fingerprint density at radius 2 is 2.19 bits per heavy atom. The van der Waals surface area contributed by atoms with Crippen LogP contribution in [0.15, 0.2) is 12.7 Å². The van der Waals surface area contributed by atoms with E-state index in [1.807, 2.05) is 6.08 Å². The topological polar surface area (TPSA) is 48.1 Å². The van der Waals surface area contributed by atoms with Crippen molar-refractivity contribution in [2.75, 3.05) is 0 Å². The van der Waals surface area contributed by atoms with Crippen molar-refractivity contribution in [3.05, 3.63) is 12.7 Å². The molecule has 0 bridgehead atoms. The molecular formula is C17H24O4. The van der Waals surface area contributed by atoms with E-state index in [4.69, 9.17) is 14.2 Å². The maximum absolute atomic E-state index is 11.7. The van der Waals surface area contributed by atoms with Gasteiger partial charge < -0.3 is 14.2 Å². The Morgan fingerprint density at radius 3 is 2.90 bits per heavy atom. The lowest BCUT2D eigenvalue weighted by Crippen LogP contribution is -2.55. The molecule has 0 aromatic rings. The summed E-state index contributed by atoms with van der Waals surface area (Å²) in [6.45, 7) is 7.51. The number of hydrogen-bond donors (Lipinski definition) is 0. The molecule has 2 aliphatic heterocycles. The highest BCUT2D eigenvalue weighted by atomic mass is 16.6. The summed E-state index contributed by atoms with van der Waals surface area (Å²) in [5, 5.41) is 0. The van der Waals surface area contributed by atoms with E-state index >= 15 is 0 Å². The summed E-state index contributed by atoms with van der Waals surface area (Å²) >= 11 is 0. The zero-order valence-corrected chi connectivity index (χ0v) is 12.8. The van der Waals surface area contributed by atoms with Gasteiger partial charge >= 0.3 is 5.97 Å². The zero-order valence-electron chi connectivity index (χ0n) is 12.8. The Labute approximate surface area is 125 Å². The van der Waals surface area contributed by atoms with Crippen LogP contribution in [0.4, 0.5) is 0 Å². The summed E-state index contributed by atoms with van der Waals surface area (Å²) in [5.74, 6) is 0.715. The second-order valence-corrected chi connectivity index (χ2v) is 7.36. The highest BCUT2D eigenvalue weighted by Crippen LogP contribution is 2.66. The normalized spacial score (nSPS) is 53.5. The number of carbonyl (C=O) groups excluding carboxylic acids is 1. The predicted molar refractivity (Wildman–Crippen MR) is 76.7 cm³/mol. The highest BCUT2D eigenvalue weighted by molar-refractivity contribution is 5.67. The first-order valence-corrected chi connectivity index (χ1v) is 8.13. The van der Waals surface area contributed by atoms with Gasteiger partial charge in [0.25, 0.3) is 0 Å². The van der Waals surface area contributed by atoms with Crippen molar-refractivity contribution in [1.29, 1.82) is 0 Å². The van der Waals surface area contributed by atoms with Gasteiger partial charge in [-0.15, -0.1) is 6.58 Å². The van der Waals surface area contributed by atoms with Gasteiger partial charge in [0.15, 0.2) is 0 Å². The van der Waals surface area contributed by atoms with Gasteiger partial charge in [0.1, 0.15) is 11.2 Å². The molecule has 2 heterocycles. The van der Waals surface area contributed by atoms with E-state index in [1.54, 1.807) is 0 Å². The minimum absolute atomic E-state index is 0.145. The van der Waals surface area contributed by atoms with Crippen LogP contribution in [0.25, 0.3) is 0 Å². The Bertz CT molecular complexity index is 489. The molecule has 0 aromatic carbocycles. The van der Waals surface area contributed by atoms with Crippen molar-refractivity contribution in [2.45, 2.75) is 75.5 Å². The van der Waals surface area contributed by atoms with Crippen LogP contribution in [0, 0.1) is 11.8 Å². The van der Waals surface area contributed by atoms with Crippen molar-refractivity contribution in [3.8, 4) is 0 Å². The lowest BCUT2D eigenvalue weighted by Gasteiger charge is -2.43. The molecule has 0 N–H and O–H groups in total. The second kappa shape index (κ2) is 4.32. The monoisotopic (exact) mass is 292 g/mol. The molecule has 0 unspecified atom stereocenters. The van der Waals surface area contributed by atoms with Crippen molar-refractivity contribution >= 4 is 5.97 Å². The van der Waals surface area contributed by atoms with E-state index in [2.05, 4.69) is 13.5 Å². The van der Waals surface area contributed by atoms with E-state index in [1.165, 1.54) is 6.92 Å². The number of epoxide rings is 1. The van der Waals surface area contributed by atoms with Crippen LogP contribution in [0.1, 0.15) is 46.0 Å². The number of fused-ring (bicyclic) bond motifs is 1. The molecule has 2 aliphatic carbocycles. The number of carbonyl (C=O) groups is 1. The fourth-order valence-electron chi connectivity index (χ4n) is 5.56. The minimum Gasteiger partial charge on any atom is -0.456 e. The average Bonchev–Trinajstić information content (AvgIpc) is 3.01. The molecule has 4 heteroatoms. The molecule has 2 saturated heterocycles. The predicted octanol–water partition coefficient (Wildman–Crippen LogP) is 2.61. The van der Waals surface area contributed by atoms with Crippen LogP contribution in [0.5, 0.6) is 0 Å². The van der Waals surface area contributed by atoms with E-state index in [0.717, 1.165) is 32.1 Å². The number of rotatable bonds is 3. The molecule has 0 radical (unpaired) electrons. The highest BCUT2D eigenvalue weighted by Gasteiger charge is 2.75. The SMILES string of the molecule is C=CC[C@@H]1C[C@]2(OC(C)=O)C[C@H](C)O[C@@]23C[C@@H]2O[C@@H]2C[C@H]13. The number of hydrogen-bond acceptors (Lipinski definition) is 4. The van der Waals surface area contributed by atoms with E-state index in [0.29, 0.717) is 24.0 Å². The van der Waals surface area contributed by atoms with Crippen LogP contribution in [-0.4, -0.2) is 35.5 Å². The van der Waals surface area contributed by atoms with Gasteiger partial charge in [0.05, 0.1) is 18.3 Å². The Kier molecular flexibility index (Phi) is 2.84. The van der Waals surface area contributed by atoms with Crippen LogP contribution in [0.2, 0.25) is 0 Å². The third kappa shape index (κ3) is 1.78. The van der Waals surface area contributed by atoms with Gasteiger partial charge in [-0.2, -0.15) is 0 Å². The first-order chi connectivity index (χ1) is 9.99. The smallest absolute Gasteiger partial charge is 0.303 e. The molecule has 4 nitrogen and oxygen atoms in total. The summed E-state index contributed by atoms with van der Waals surface area (Å²) in [6, 6.07) is 0. The Morgan fingerprint density at radius 1 is 1.38 bits per heavy atom.